The van der Waals surface area contributed by atoms with Crippen molar-refractivity contribution in [2.24, 2.45) is 47.3 Å². The van der Waals surface area contributed by atoms with Gasteiger partial charge in [-0.25, -0.2) is 0 Å². The quantitative estimate of drug-likeness (QED) is 0.279. The molecule has 0 aromatic rings. The zero-order valence-electron chi connectivity index (χ0n) is 18.4. The Hall–Kier alpha value is -2.72. The molecule has 2 N–H and O–H groups in total. The van der Waals surface area contributed by atoms with E-state index in [9.17, 15) is 29.4 Å². The van der Waals surface area contributed by atoms with E-state index in [4.69, 9.17) is 18.9 Å². The fourth-order valence-electron chi connectivity index (χ4n) is 5.74. The number of fused-ring (bicyclic) bond motifs is 4. The number of rotatable bonds is 10. The lowest BCUT2D eigenvalue weighted by molar-refractivity contribution is -0.236. The molecule has 0 spiro atoms. The summed E-state index contributed by atoms with van der Waals surface area (Å²) >= 11 is 0. The SMILES string of the molecule is CC(OCOC(C)OC(=O)C1C2C=CC(C2)C1C(=O)O)OC(=O)C1C2C=CC(C2)C1C(=O)O. The maximum Gasteiger partial charge on any atom is 0.312 e. The number of hydrogen-bond acceptors (Lipinski definition) is 8. The molecule has 10 unspecified atom stereocenters. The average Bonchev–Trinajstić information content (AvgIpc) is 3.52. The minimum atomic E-state index is -1.02. The van der Waals surface area contributed by atoms with Crippen molar-refractivity contribution in [2.75, 3.05) is 6.79 Å². The van der Waals surface area contributed by atoms with Crippen LogP contribution in [0.15, 0.2) is 24.3 Å². The van der Waals surface area contributed by atoms with Crippen molar-refractivity contribution in [3.63, 3.8) is 0 Å². The topological polar surface area (TPSA) is 146 Å². The number of allylic oxidation sites excluding steroid dienone is 4. The van der Waals surface area contributed by atoms with E-state index in [2.05, 4.69) is 0 Å². The second kappa shape index (κ2) is 9.26. The van der Waals surface area contributed by atoms with Crippen molar-refractivity contribution < 1.29 is 48.3 Å². The predicted octanol–water partition coefficient (Wildman–Crippen LogP) is 1.80. The molecule has 2 saturated carbocycles. The van der Waals surface area contributed by atoms with E-state index in [0.29, 0.717) is 12.8 Å². The Morgan fingerprint density at radius 1 is 0.697 bits per heavy atom. The van der Waals surface area contributed by atoms with Gasteiger partial charge in [-0.15, -0.1) is 0 Å². The molecule has 0 amide bonds. The first-order valence-electron chi connectivity index (χ1n) is 11.1. The van der Waals surface area contributed by atoms with Gasteiger partial charge in [0.1, 0.15) is 0 Å². The van der Waals surface area contributed by atoms with Crippen molar-refractivity contribution in [3.8, 4) is 0 Å². The fraction of sp³-hybridized carbons (Fsp3) is 0.652. The second-order valence-corrected chi connectivity index (χ2v) is 9.14. The van der Waals surface area contributed by atoms with E-state index >= 15 is 0 Å². The van der Waals surface area contributed by atoms with Crippen LogP contribution in [0.5, 0.6) is 0 Å². The van der Waals surface area contributed by atoms with Gasteiger partial charge in [-0.1, -0.05) is 24.3 Å². The Balaban J connectivity index is 1.20. The molecule has 0 aromatic carbocycles. The van der Waals surface area contributed by atoms with Gasteiger partial charge in [0, 0.05) is 0 Å². The molecule has 0 heterocycles. The normalized spacial score (nSPS) is 37.2. The van der Waals surface area contributed by atoms with Gasteiger partial charge in [0.2, 0.25) is 12.6 Å². The second-order valence-electron chi connectivity index (χ2n) is 9.14. The highest BCUT2D eigenvalue weighted by Gasteiger charge is 2.53. The van der Waals surface area contributed by atoms with Crippen LogP contribution in [0.4, 0.5) is 0 Å². The van der Waals surface area contributed by atoms with Crippen LogP contribution < -0.4 is 0 Å². The molecule has 4 aliphatic carbocycles. The van der Waals surface area contributed by atoms with E-state index in [0.717, 1.165) is 0 Å². The maximum atomic E-state index is 12.5. The van der Waals surface area contributed by atoms with Gasteiger partial charge in [0.25, 0.3) is 0 Å². The number of carboxylic acids is 2. The van der Waals surface area contributed by atoms with Gasteiger partial charge < -0.3 is 29.2 Å². The Bertz CT molecular complexity index is 808. The molecule has 4 aliphatic rings. The number of hydrogen-bond donors (Lipinski definition) is 2. The first-order valence-corrected chi connectivity index (χ1v) is 11.1. The standard InChI is InChI=1S/C23H28O10/c1-10(32-22(28)18-14-5-3-12(7-14)16(18)20(24)25)30-9-31-11(2)33-23(29)19-15-6-4-13(8-15)17(19)21(26)27/h3-6,10-19H,7-9H2,1-2H3,(H,24,25)(H,26,27). The monoisotopic (exact) mass is 464 g/mol. The number of ether oxygens (including phenoxy) is 4. The highest BCUT2D eigenvalue weighted by molar-refractivity contribution is 5.84. The van der Waals surface area contributed by atoms with Crippen molar-refractivity contribution in [1.82, 2.24) is 0 Å². The molecule has 2 fully saturated rings. The van der Waals surface area contributed by atoms with Gasteiger partial charge in [0.05, 0.1) is 23.7 Å². The minimum Gasteiger partial charge on any atom is -0.481 e. The van der Waals surface area contributed by atoms with Crippen LogP contribution in [-0.4, -0.2) is 53.5 Å². The summed E-state index contributed by atoms with van der Waals surface area (Å²) in [5.41, 5.74) is 0. The minimum absolute atomic E-state index is 0.151. The van der Waals surface area contributed by atoms with Gasteiger partial charge in [-0.3, -0.25) is 19.2 Å². The number of carboxylic acid groups (broad SMARTS) is 2. The smallest absolute Gasteiger partial charge is 0.312 e. The summed E-state index contributed by atoms with van der Waals surface area (Å²) < 4.78 is 21.1. The van der Waals surface area contributed by atoms with E-state index in [1.807, 2.05) is 24.3 Å². The van der Waals surface area contributed by atoms with E-state index < -0.39 is 60.1 Å². The molecule has 10 nitrogen and oxygen atoms in total. The Kier molecular flexibility index (Phi) is 6.58. The van der Waals surface area contributed by atoms with Crippen LogP contribution in [0.2, 0.25) is 0 Å². The van der Waals surface area contributed by atoms with E-state index in [1.165, 1.54) is 13.8 Å². The van der Waals surface area contributed by atoms with Gasteiger partial charge in [-0.2, -0.15) is 0 Å². The molecule has 0 aromatic heterocycles. The zero-order chi connectivity index (χ0) is 23.9. The summed E-state index contributed by atoms with van der Waals surface area (Å²) in [6.45, 7) is 2.62. The lowest BCUT2D eigenvalue weighted by Gasteiger charge is -2.26. The summed E-state index contributed by atoms with van der Waals surface area (Å²) in [5.74, 6) is -7.01. The fourth-order valence-corrected chi connectivity index (χ4v) is 5.74. The third-order valence-corrected chi connectivity index (χ3v) is 7.20. The molecule has 4 bridgehead atoms. The summed E-state index contributed by atoms with van der Waals surface area (Å²) in [7, 11) is 0. The highest BCUT2D eigenvalue weighted by Crippen LogP contribution is 2.49. The summed E-state index contributed by atoms with van der Waals surface area (Å²) in [5, 5.41) is 18.9. The Morgan fingerprint density at radius 3 is 1.36 bits per heavy atom. The molecular weight excluding hydrogens is 436 g/mol. The average molecular weight is 464 g/mol. The zero-order valence-corrected chi connectivity index (χ0v) is 18.4. The molecule has 180 valence electrons. The molecule has 33 heavy (non-hydrogen) atoms. The van der Waals surface area contributed by atoms with Crippen LogP contribution in [0, 0.1) is 47.3 Å². The van der Waals surface area contributed by atoms with Crippen LogP contribution in [0.3, 0.4) is 0 Å². The van der Waals surface area contributed by atoms with Gasteiger partial charge in [-0.05, 0) is 50.4 Å². The molecular formula is C23H28O10. The van der Waals surface area contributed by atoms with Crippen LogP contribution in [-0.2, 0) is 38.1 Å². The molecule has 0 radical (unpaired) electrons. The van der Waals surface area contributed by atoms with Gasteiger partial charge in [0.15, 0.2) is 6.79 Å². The van der Waals surface area contributed by atoms with E-state index in [1.54, 1.807) is 0 Å². The molecule has 0 aliphatic heterocycles. The first kappa shape index (κ1) is 23.4. The van der Waals surface area contributed by atoms with Gasteiger partial charge >= 0.3 is 23.9 Å². The molecule has 10 heteroatoms. The number of carbonyl (C=O) groups excluding carboxylic acids is 2. The Labute approximate surface area is 190 Å². The van der Waals surface area contributed by atoms with Crippen molar-refractivity contribution in [3.05, 3.63) is 24.3 Å². The third-order valence-electron chi connectivity index (χ3n) is 7.20. The lowest BCUT2D eigenvalue weighted by atomic mass is 9.83. The molecule has 4 rings (SSSR count). The predicted molar refractivity (Wildman–Crippen MR) is 109 cm³/mol. The number of aliphatic carboxylic acids is 2. The number of carbonyl (C=O) groups is 4. The van der Waals surface area contributed by atoms with Crippen LogP contribution in [0.25, 0.3) is 0 Å². The van der Waals surface area contributed by atoms with Crippen LogP contribution >= 0.6 is 0 Å². The van der Waals surface area contributed by atoms with Crippen LogP contribution in [0.1, 0.15) is 26.7 Å². The first-order chi connectivity index (χ1) is 15.7. The Morgan fingerprint density at radius 2 is 1.03 bits per heavy atom. The molecule has 10 atom stereocenters. The van der Waals surface area contributed by atoms with Crippen molar-refractivity contribution >= 4 is 23.9 Å². The highest BCUT2D eigenvalue weighted by atomic mass is 16.8. The van der Waals surface area contributed by atoms with Crippen molar-refractivity contribution in [1.29, 1.82) is 0 Å². The molecule has 0 saturated heterocycles. The summed E-state index contributed by atoms with van der Waals surface area (Å²) in [4.78, 5) is 48.2. The maximum absolute atomic E-state index is 12.5. The summed E-state index contributed by atoms with van der Waals surface area (Å²) in [6.07, 6.45) is 6.67. The third kappa shape index (κ3) is 4.54. The summed E-state index contributed by atoms with van der Waals surface area (Å²) in [6, 6.07) is 0. The lowest BCUT2D eigenvalue weighted by Crippen LogP contribution is -2.37. The van der Waals surface area contributed by atoms with Crippen molar-refractivity contribution in [2.45, 2.75) is 39.3 Å². The van der Waals surface area contributed by atoms with E-state index in [-0.39, 0.29) is 30.5 Å². The number of esters is 2. The largest absolute Gasteiger partial charge is 0.481 e.